The summed E-state index contributed by atoms with van der Waals surface area (Å²) < 4.78 is 0. The van der Waals surface area contributed by atoms with Crippen LogP contribution in [0, 0.1) is 6.92 Å². The third-order valence-electron chi connectivity index (χ3n) is 4.39. The minimum Gasteiger partial charge on any atom is -0.353 e. The molecule has 27 heavy (non-hydrogen) atoms. The van der Waals surface area contributed by atoms with E-state index in [2.05, 4.69) is 35.1 Å². The summed E-state index contributed by atoms with van der Waals surface area (Å²) in [5.74, 6) is 1.87. The number of anilines is 3. The fourth-order valence-electron chi connectivity index (χ4n) is 2.97. The molecule has 0 saturated carbocycles. The van der Waals surface area contributed by atoms with Crippen LogP contribution >= 0.6 is 11.3 Å². The number of hydrogen-bond acceptors (Lipinski definition) is 8. The maximum Gasteiger partial charge on any atom is 0.270 e. The second-order valence-electron chi connectivity index (χ2n) is 6.12. The molecule has 4 rings (SSSR count). The van der Waals surface area contributed by atoms with E-state index in [-0.39, 0.29) is 5.91 Å². The van der Waals surface area contributed by atoms with E-state index in [0.717, 1.165) is 37.8 Å². The van der Waals surface area contributed by atoms with Gasteiger partial charge in [-0.1, -0.05) is 6.07 Å². The number of pyridine rings is 1. The summed E-state index contributed by atoms with van der Waals surface area (Å²) >= 11 is 1.31. The number of hydrogen-bond donors (Lipinski definition) is 1. The van der Waals surface area contributed by atoms with Gasteiger partial charge in [-0.25, -0.2) is 15.0 Å². The standard InChI is InChI=1S/C18H19N7OS/c1-13-16(27-12-21-13)17(26)23-18-20-7-5-15(22-18)25-10-8-24(9-11-25)14-4-2-3-6-19-14/h2-7,12H,8-11H2,1H3,(H,20,22,23,26). The smallest absolute Gasteiger partial charge is 0.270 e. The van der Waals surface area contributed by atoms with Crippen molar-refractivity contribution in [1.82, 2.24) is 19.9 Å². The highest BCUT2D eigenvalue weighted by Crippen LogP contribution is 2.19. The van der Waals surface area contributed by atoms with E-state index in [1.165, 1.54) is 11.3 Å². The molecule has 1 aliphatic rings. The molecule has 1 fully saturated rings. The van der Waals surface area contributed by atoms with Gasteiger partial charge in [-0.15, -0.1) is 11.3 Å². The van der Waals surface area contributed by atoms with Crippen molar-refractivity contribution < 1.29 is 4.79 Å². The van der Waals surface area contributed by atoms with Crippen molar-refractivity contribution >= 4 is 34.8 Å². The molecular weight excluding hydrogens is 362 g/mol. The van der Waals surface area contributed by atoms with Crippen LogP contribution in [0.3, 0.4) is 0 Å². The van der Waals surface area contributed by atoms with Gasteiger partial charge in [-0.2, -0.15) is 4.98 Å². The van der Waals surface area contributed by atoms with E-state index >= 15 is 0 Å². The number of carbonyl (C=O) groups is 1. The Kier molecular flexibility index (Phi) is 4.93. The normalized spacial score (nSPS) is 14.3. The van der Waals surface area contributed by atoms with Gasteiger partial charge >= 0.3 is 0 Å². The molecule has 0 aliphatic carbocycles. The monoisotopic (exact) mass is 381 g/mol. The zero-order valence-electron chi connectivity index (χ0n) is 14.9. The number of piperazine rings is 1. The van der Waals surface area contributed by atoms with Crippen LogP contribution in [0.1, 0.15) is 15.4 Å². The number of aryl methyl sites for hydroxylation is 1. The highest BCUT2D eigenvalue weighted by atomic mass is 32.1. The summed E-state index contributed by atoms with van der Waals surface area (Å²) in [4.78, 5) is 34.5. The van der Waals surface area contributed by atoms with E-state index in [9.17, 15) is 4.79 Å². The van der Waals surface area contributed by atoms with E-state index in [1.807, 2.05) is 37.4 Å². The fourth-order valence-corrected chi connectivity index (χ4v) is 3.67. The number of amides is 1. The third kappa shape index (κ3) is 3.87. The summed E-state index contributed by atoms with van der Waals surface area (Å²) in [6.45, 7) is 5.19. The second kappa shape index (κ2) is 7.67. The van der Waals surface area contributed by atoms with Gasteiger partial charge in [-0.3, -0.25) is 10.1 Å². The molecule has 8 nitrogen and oxygen atoms in total. The van der Waals surface area contributed by atoms with E-state index in [4.69, 9.17) is 0 Å². The lowest BCUT2D eigenvalue weighted by molar-refractivity contribution is 0.102. The van der Waals surface area contributed by atoms with Crippen molar-refractivity contribution in [3.8, 4) is 0 Å². The quantitative estimate of drug-likeness (QED) is 0.741. The molecule has 3 aromatic heterocycles. The van der Waals surface area contributed by atoms with E-state index in [0.29, 0.717) is 16.5 Å². The van der Waals surface area contributed by atoms with Crippen LogP contribution in [0.15, 0.2) is 42.2 Å². The number of carbonyl (C=O) groups excluding carboxylic acids is 1. The van der Waals surface area contributed by atoms with E-state index in [1.54, 1.807) is 11.7 Å². The Balaban J connectivity index is 1.41. The van der Waals surface area contributed by atoms with Gasteiger partial charge in [0.25, 0.3) is 5.91 Å². The lowest BCUT2D eigenvalue weighted by atomic mass is 10.3. The Bertz CT molecular complexity index is 922. The largest absolute Gasteiger partial charge is 0.353 e. The first kappa shape index (κ1) is 17.3. The SMILES string of the molecule is Cc1ncsc1C(=O)Nc1nccc(N2CCN(c3ccccn3)CC2)n1. The molecule has 0 atom stereocenters. The molecule has 1 amide bonds. The first-order valence-corrected chi connectivity index (χ1v) is 9.54. The lowest BCUT2D eigenvalue weighted by Crippen LogP contribution is -2.47. The predicted molar refractivity (Wildman–Crippen MR) is 105 cm³/mol. The average Bonchev–Trinajstić information content (AvgIpc) is 3.15. The van der Waals surface area contributed by atoms with Gasteiger partial charge in [0.15, 0.2) is 0 Å². The number of rotatable bonds is 4. The summed E-state index contributed by atoms with van der Waals surface area (Å²) in [6.07, 6.45) is 3.48. The number of aromatic nitrogens is 4. The van der Waals surface area contributed by atoms with Crippen LogP contribution in [0.2, 0.25) is 0 Å². The number of thiazole rings is 1. The molecule has 0 aromatic carbocycles. The molecule has 0 spiro atoms. The predicted octanol–water partition coefficient (Wildman–Crippen LogP) is 2.22. The summed E-state index contributed by atoms with van der Waals surface area (Å²) in [7, 11) is 0. The minimum atomic E-state index is -0.230. The summed E-state index contributed by atoms with van der Waals surface area (Å²) in [6, 6.07) is 7.81. The van der Waals surface area contributed by atoms with Crippen LogP contribution < -0.4 is 15.1 Å². The molecule has 1 N–H and O–H groups in total. The van der Waals surface area contributed by atoms with Gasteiger partial charge in [0, 0.05) is 38.6 Å². The van der Waals surface area contributed by atoms with Crippen molar-refractivity contribution in [2.45, 2.75) is 6.92 Å². The molecule has 3 aromatic rings. The van der Waals surface area contributed by atoms with Crippen molar-refractivity contribution in [2.75, 3.05) is 41.3 Å². The highest BCUT2D eigenvalue weighted by Gasteiger charge is 2.20. The zero-order chi connectivity index (χ0) is 18.6. The molecule has 4 heterocycles. The van der Waals surface area contributed by atoms with Crippen molar-refractivity contribution in [3.05, 3.63) is 52.7 Å². The highest BCUT2D eigenvalue weighted by molar-refractivity contribution is 7.12. The van der Waals surface area contributed by atoms with Crippen LogP contribution in [0.25, 0.3) is 0 Å². The van der Waals surface area contributed by atoms with Crippen molar-refractivity contribution in [3.63, 3.8) is 0 Å². The maximum absolute atomic E-state index is 12.3. The molecule has 1 saturated heterocycles. The van der Waals surface area contributed by atoms with Crippen LogP contribution in [0.5, 0.6) is 0 Å². The molecular formula is C18H19N7OS. The molecule has 138 valence electrons. The topological polar surface area (TPSA) is 87.1 Å². The van der Waals surface area contributed by atoms with Gasteiger partial charge in [-0.05, 0) is 25.1 Å². The lowest BCUT2D eigenvalue weighted by Gasteiger charge is -2.36. The molecule has 0 unspecified atom stereocenters. The molecule has 0 radical (unpaired) electrons. The second-order valence-corrected chi connectivity index (χ2v) is 6.98. The van der Waals surface area contributed by atoms with Crippen molar-refractivity contribution in [2.24, 2.45) is 0 Å². The summed E-state index contributed by atoms with van der Waals surface area (Å²) in [5.41, 5.74) is 2.36. The minimum absolute atomic E-state index is 0.230. The number of nitrogens with one attached hydrogen (secondary N) is 1. The fraction of sp³-hybridized carbons (Fsp3) is 0.278. The van der Waals surface area contributed by atoms with Gasteiger partial charge in [0.2, 0.25) is 5.95 Å². The Morgan fingerprint density at radius 1 is 1.00 bits per heavy atom. The van der Waals surface area contributed by atoms with Crippen molar-refractivity contribution in [1.29, 1.82) is 0 Å². The third-order valence-corrected chi connectivity index (χ3v) is 5.32. The Labute approximate surface area is 160 Å². The van der Waals surface area contributed by atoms with Gasteiger partial charge < -0.3 is 9.80 Å². The average molecular weight is 381 g/mol. The van der Waals surface area contributed by atoms with Crippen LogP contribution in [-0.4, -0.2) is 52.0 Å². The van der Waals surface area contributed by atoms with Gasteiger partial charge in [0.1, 0.15) is 16.5 Å². The zero-order valence-corrected chi connectivity index (χ0v) is 15.7. The van der Waals surface area contributed by atoms with Gasteiger partial charge in [0.05, 0.1) is 11.2 Å². The first-order chi connectivity index (χ1) is 13.2. The maximum atomic E-state index is 12.3. The number of nitrogens with zero attached hydrogens (tertiary/aromatic N) is 6. The molecule has 0 bridgehead atoms. The summed E-state index contributed by atoms with van der Waals surface area (Å²) in [5, 5.41) is 2.76. The Hall–Kier alpha value is -3.07. The Morgan fingerprint density at radius 3 is 2.44 bits per heavy atom. The molecule has 9 heteroatoms. The Morgan fingerprint density at radius 2 is 1.78 bits per heavy atom. The van der Waals surface area contributed by atoms with Crippen LogP contribution in [-0.2, 0) is 0 Å². The van der Waals surface area contributed by atoms with Crippen LogP contribution in [0.4, 0.5) is 17.6 Å². The first-order valence-electron chi connectivity index (χ1n) is 8.66. The molecule has 1 aliphatic heterocycles. The van der Waals surface area contributed by atoms with E-state index < -0.39 is 0 Å².